The minimum absolute atomic E-state index is 0.246. The summed E-state index contributed by atoms with van der Waals surface area (Å²) in [5, 5.41) is 0. The Morgan fingerprint density at radius 2 is 1.53 bits per heavy atom. The van der Waals surface area contributed by atoms with Crippen molar-refractivity contribution in [2.75, 3.05) is 36.7 Å². The molecule has 0 aliphatic heterocycles. The van der Waals surface area contributed by atoms with Gasteiger partial charge in [0.15, 0.2) is 0 Å². The van der Waals surface area contributed by atoms with Gasteiger partial charge in [-0.15, -0.1) is 0 Å². The number of nitrogen functional groups attached to an aromatic ring is 1. The molecule has 0 unspecified atom stereocenters. The van der Waals surface area contributed by atoms with E-state index < -0.39 is 0 Å². The summed E-state index contributed by atoms with van der Waals surface area (Å²) in [6.07, 6.45) is 0. The molecule has 6 heteroatoms. The molecular formula is C9H18N6. The molecule has 0 aliphatic rings. The summed E-state index contributed by atoms with van der Waals surface area (Å²) in [5.41, 5.74) is 5.62. The van der Waals surface area contributed by atoms with Gasteiger partial charge in [0, 0.05) is 27.2 Å². The van der Waals surface area contributed by atoms with E-state index in [0.717, 1.165) is 0 Å². The van der Waals surface area contributed by atoms with Crippen LogP contribution >= 0.6 is 0 Å². The van der Waals surface area contributed by atoms with Gasteiger partial charge in [-0.2, -0.15) is 15.0 Å². The fraction of sp³-hybridized carbons (Fsp3) is 0.667. The number of nitrogens with zero attached hydrogens (tertiary/aromatic N) is 5. The van der Waals surface area contributed by atoms with Crippen LogP contribution in [0.1, 0.15) is 13.8 Å². The number of hydrogen-bond acceptors (Lipinski definition) is 6. The highest BCUT2D eigenvalue weighted by Crippen LogP contribution is 2.13. The molecule has 15 heavy (non-hydrogen) atoms. The Hall–Kier alpha value is -1.59. The van der Waals surface area contributed by atoms with E-state index in [4.69, 9.17) is 5.73 Å². The molecule has 0 aromatic carbocycles. The van der Waals surface area contributed by atoms with Crippen LogP contribution in [0.15, 0.2) is 0 Å². The maximum atomic E-state index is 5.62. The summed E-state index contributed by atoms with van der Waals surface area (Å²) in [7, 11) is 5.67. The van der Waals surface area contributed by atoms with Crippen LogP contribution in [-0.4, -0.2) is 42.1 Å². The van der Waals surface area contributed by atoms with Crippen LogP contribution in [0.25, 0.3) is 0 Å². The first-order valence-electron chi connectivity index (χ1n) is 4.83. The van der Waals surface area contributed by atoms with Crippen LogP contribution < -0.4 is 15.5 Å². The molecule has 1 aromatic rings. The van der Waals surface area contributed by atoms with Crippen molar-refractivity contribution in [3.63, 3.8) is 0 Å². The van der Waals surface area contributed by atoms with Crippen LogP contribution in [0, 0.1) is 0 Å². The highest BCUT2D eigenvalue weighted by molar-refractivity contribution is 5.42. The molecule has 0 spiro atoms. The molecule has 0 aliphatic carbocycles. The van der Waals surface area contributed by atoms with E-state index in [0.29, 0.717) is 17.9 Å². The molecule has 1 heterocycles. The molecule has 0 atom stereocenters. The molecule has 0 bridgehead atoms. The maximum absolute atomic E-state index is 5.62. The Bertz CT molecular complexity index is 335. The van der Waals surface area contributed by atoms with E-state index in [2.05, 4.69) is 28.8 Å². The van der Waals surface area contributed by atoms with Gasteiger partial charge >= 0.3 is 0 Å². The quantitative estimate of drug-likeness (QED) is 0.777. The smallest absolute Gasteiger partial charge is 0.231 e. The zero-order valence-electron chi connectivity index (χ0n) is 9.89. The zero-order valence-corrected chi connectivity index (χ0v) is 9.89. The zero-order chi connectivity index (χ0) is 11.6. The van der Waals surface area contributed by atoms with Gasteiger partial charge in [-0.25, -0.2) is 0 Å². The second-order valence-corrected chi connectivity index (χ2v) is 3.89. The van der Waals surface area contributed by atoms with E-state index in [1.54, 1.807) is 4.90 Å². The Labute approximate surface area is 90.1 Å². The number of nitrogens with two attached hydrogens (primary N) is 1. The minimum Gasteiger partial charge on any atom is -0.368 e. The lowest BCUT2D eigenvalue weighted by Crippen LogP contribution is -2.29. The predicted octanol–water partition coefficient (Wildman–Crippen LogP) is 0.364. The topological polar surface area (TPSA) is 71.2 Å². The van der Waals surface area contributed by atoms with E-state index >= 15 is 0 Å². The number of hydrogen-bond donors (Lipinski definition) is 1. The molecule has 84 valence electrons. The van der Waals surface area contributed by atoms with Crippen LogP contribution in [0.5, 0.6) is 0 Å². The van der Waals surface area contributed by atoms with Crippen LogP contribution in [0.3, 0.4) is 0 Å². The third-order valence-electron chi connectivity index (χ3n) is 2.12. The maximum Gasteiger partial charge on any atom is 0.231 e. The first-order valence-corrected chi connectivity index (χ1v) is 4.83. The standard InChI is InChI=1S/C9H18N6/c1-6(2)15(5)9-12-7(10)11-8(13-9)14(3)4/h6H,1-5H3,(H2,10,11,12,13). The second kappa shape index (κ2) is 4.29. The summed E-state index contributed by atoms with van der Waals surface area (Å²) in [5.74, 6) is 1.42. The molecule has 0 radical (unpaired) electrons. The summed E-state index contributed by atoms with van der Waals surface area (Å²) >= 11 is 0. The lowest BCUT2D eigenvalue weighted by molar-refractivity contribution is 0.725. The van der Waals surface area contributed by atoms with Gasteiger partial charge in [0.2, 0.25) is 17.8 Å². The monoisotopic (exact) mass is 210 g/mol. The van der Waals surface area contributed by atoms with E-state index in [1.807, 2.05) is 26.0 Å². The summed E-state index contributed by atoms with van der Waals surface area (Å²) in [4.78, 5) is 16.2. The van der Waals surface area contributed by atoms with Crippen molar-refractivity contribution in [1.29, 1.82) is 0 Å². The second-order valence-electron chi connectivity index (χ2n) is 3.89. The van der Waals surface area contributed by atoms with E-state index in [1.165, 1.54) is 0 Å². The third kappa shape index (κ3) is 2.68. The number of anilines is 3. The number of aromatic nitrogens is 3. The van der Waals surface area contributed by atoms with Crippen molar-refractivity contribution >= 4 is 17.8 Å². The van der Waals surface area contributed by atoms with Crippen molar-refractivity contribution in [2.45, 2.75) is 19.9 Å². The van der Waals surface area contributed by atoms with Crippen LogP contribution in [-0.2, 0) is 0 Å². The highest BCUT2D eigenvalue weighted by Gasteiger charge is 2.11. The molecule has 0 amide bonds. The van der Waals surface area contributed by atoms with Gasteiger partial charge < -0.3 is 15.5 Å². The number of rotatable bonds is 3. The van der Waals surface area contributed by atoms with Gasteiger partial charge in [-0.1, -0.05) is 0 Å². The molecule has 0 fully saturated rings. The van der Waals surface area contributed by atoms with Crippen molar-refractivity contribution in [3.05, 3.63) is 0 Å². The molecule has 6 nitrogen and oxygen atoms in total. The van der Waals surface area contributed by atoms with Gasteiger partial charge in [-0.3, -0.25) is 0 Å². The normalized spacial score (nSPS) is 10.5. The SMILES string of the molecule is CC(C)N(C)c1nc(N)nc(N(C)C)n1. The third-order valence-corrected chi connectivity index (χ3v) is 2.12. The van der Waals surface area contributed by atoms with Crippen molar-refractivity contribution in [2.24, 2.45) is 0 Å². The molecule has 0 saturated heterocycles. The average Bonchev–Trinajstić information content (AvgIpc) is 2.15. The van der Waals surface area contributed by atoms with Crippen molar-refractivity contribution in [3.8, 4) is 0 Å². The fourth-order valence-electron chi connectivity index (χ4n) is 0.958. The Balaban J connectivity index is 3.09. The Morgan fingerprint density at radius 3 is 2.00 bits per heavy atom. The van der Waals surface area contributed by atoms with Crippen molar-refractivity contribution in [1.82, 2.24) is 15.0 Å². The van der Waals surface area contributed by atoms with Crippen LogP contribution in [0.2, 0.25) is 0 Å². The Morgan fingerprint density at radius 1 is 1.00 bits per heavy atom. The lowest BCUT2D eigenvalue weighted by Gasteiger charge is -2.22. The van der Waals surface area contributed by atoms with Gasteiger partial charge in [-0.05, 0) is 13.8 Å². The van der Waals surface area contributed by atoms with Gasteiger partial charge in [0.25, 0.3) is 0 Å². The van der Waals surface area contributed by atoms with Crippen LogP contribution in [0.4, 0.5) is 17.8 Å². The average molecular weight is 210 g/mol. The molecule has 1 aromatic heterocycles. The first kappa shape index (κ1) is 11.5. The largest absolute Gasteiger partial charge is 0.368 e. The fourth-order valence-corrected chi connectivity index (χ4v) is 0.958. The molecule has 2 N–H and O–H groups in total. The minimum atomic E-state index is 0.246. The predicted molar refractivity (Wildman–Crippen MR) is 62.1 cm³/mol. The summed E-state index contributed by atoms with van der Waals surface area (Å²) in [6.45, 7) is 4.13. The van der Waals surface area contributed by atoms with Gasteiger partial charge in [0.1, 0.15) is 0 Å². The summed E-state index contributed by atoms with van der Waals surface area (Å²) < 4.78 is 0. The molecule has 0 saturated carbocycles. The van der Waals surface area contributed by atoms with E-state index in [9.17, 15) is 0 Å². The Kier molecular flexibility index (Phi) is 3.28. The summed E-state index contributed by atoms with van der Waals surface area (Å²) in [6, 6.07) is 0.321. The molecular weight excluding hydrogens is 192 g/mol. The first-order chi connectivity index (χ1) is 6.91. The van der Waals surface area contributed by atoms with Crippen molar-refractivity contribution < 1.29 is 0 Å². The van der Waals surface area contributed by atoms with E-state index in [-0.39, 0.29) is 5.95 Å². The van der Waals surface area contributed by atoms with Gasteiger partial charge in [0.05, 0.1) is 0 Å². The lowest BCUT2D eigenvalue weighted by atomic mass is 10.4. The highest BCUT2D eigenvalue weighted by atomic mass is 15.3. The molecule has 1 rings (SSSR count).